The Hall–Kier alpha value is -1.32. The number of nitrogens with zero attached hydrogens (tertiary/aromatic N) is 3. The number of anilines is 2. The summed E-state index contributed by atoms with van der Waals surface area (Å²) in [6.07, 6.45) is 1.93. The number of nitrogens with one attached hydrogen (secondary N) is 1. The first kappa shape index (κ1) is 15.7. The smallest absolute Gasteiger partial charge is 0.137 e. The van der Waals surface area contributed by atoms with E-state index in [-0.39, 0.29) is 5.54 Å². The molecular weight excluding hydrogens is 236 g/mol. The Morgan fingerprint density at radius 1 is 1.16 bits per heavy atom. The second-order valence-corrected chi connectivity index (χ2v) is 5.55. The maximum atomic E-state index is 4.72. The van der Waals surface area contributed by atoms with Crippen molar-refractivity contribution in [3.63, 3.8) is 0 Å². The molecule has 0 fully saturated rings. The molecule has 0 saturated carbocycles. The zero-order valence-corrected chi connectivity index (χ0v) is 13.5. The summed E-state index contributed by atoms with van der Waals surface area (Å²) < 4.78 is 0. The zero-order valence-electron chi connectivity index (χ0n) is 13.5. The molecule has 19 heavy (non-hydrogen) atoms. The van der Waals surface area contributed by atoms with Gasteiger partial charge in [0.2, 0.25) is 0 Å². The van der Waals surface area contributed by atoms with Gasteiger partial charge in [0.25, 0.3) is 0 Å². The molecule has 0 radical (unpaired) electrons. The minimum absolute atomic E-state index is 0.0909. The maximum Gasteiger partial charge on any atom is 0.137 e. The highest BCUT2D eigenvalue weighted by atomic mass is 15.2. The third-order valence-electron chi connectivity index (χ3n) is 3.92. The molecule has 0 aliphatic carbocycles. The van der Waals surface area contributed by atoms with Crippen LogP contribution < -0.4 is 10.2 Å². The molecular formula is C15H28N4. The van der Waals surface area contributed by atoms with Crippen LogP contribution in [0.15, 0.2) is 0 Å². The van der Waals surface area contributed by atoms with Gasteiger partial charge in [0, 0.05) is 31.1 Å². The highest BCUT2D eigenvalue weighted by Gasteiger charge is 2.25. The van der Waals surface area contributed by atoms with Gasteiger partial charge in [-0.3, -0.25) is 0 Å². The van der Waals surface area contributed by atoms with E-state index in [1.807, 2.05) is 0 Å². The second-order valence-electron chi connectivity index (χ2n) is 5.55. The van der Waals surface area contributed by atoms with Gasteiger partial charge in [-0.15, -0.1) is 0 Å². The van der Waals surface area contributed by atoms with Crippen LogP contribution in [0.5, 0.6) is 0 Å². The average molecular weight is 264 g/mol. The summed E-state index contributed by atoms with van der Waals surface area (Å²) in [6.45, 7) is 13.8. The maximum absolute atomic E-state index is 4.72. The van der Waals surface area contributed by atoms with E-state index < -0.39 is 0 Å². The number of aromatic nitrogens is 2. The van der Waals surface area contributed by atoms with Crippen LogP contribution in [-0.2, 0) is 6.42 Å². The van der Waals surface area contributed by atoms with Crippen molar-refractivity contribution in [1.82, 2.24) is 9.97 Å². The highest BCUT2D eigenvalue weighted by molar-refractivity contribution is 5.59. The van der Waals surface area contributed by atoms with E-state index in [1.165, 1.54) is 0 Å². The van der Waals surface area contributed by atoms with Crippen LogP contribution >= 0.6 is 0 Å². The van der Waals surface area contributed by atoms with Gasteiger partial charge >= 0.3 is 0 Å². The van der Waals surface area contributed by atoms with Gasteiger partial charge in [-0.1, -0.05) is 13.8 Å². The molecule has 1 N–H and O–H groups in total. The van der Waals surface area contributed by atoms with E-state index in [2.05, 4.69) is 63.8 Å². The summed E-state index contributed by atoms with van der Waals surface area (Å²) in [6, 6.07) is 0. The van der Waals surface area contributed by atoms with Crippen molar-refractivity contribution < 1.29 is 0 Å². The summed E-state index contributed by atoms with van der Waals surface area (Å²) in [4.78, 5) is 11.6. The predicted molar refractivity (Wildman–Crippen MR) is 83.1 cm³/mol. The molecule has 1 aromatic rings. The average Bonchev–Trinajstić information content (AvgIpc) is 2.40. The number of hydrogen-bond donors (Lipinski definition) is 1. The van der Waals surface area contributed by atoms with Crippen LogP contribution in [0.4, 0.5) is 11.6 Å². The first-order valence-corrected chi connectivity index (χ1v) is 7.22. The molecule has 1 rings (SSSR count). The van der Waals surface area contributed by atoms with E-state index in [1.54, 1.807) is 0 Å². The molecule has 0 aliphatic rings. The van der Waals surface area contributed by atoms with Crippen molar-refractivity contribution in [1.29, 1.82) is 0 Å². The van der Waals surface area contributed by atoms with E-state index in [0.717, 1.165) is 42.4 Å². The molecule has 0 unspecified atom stereocenters. The van der Waals surface area contributed by atoms with Crippen LogP contribution in [-0.4, -0.2) is 29.1 Å². The minimum Gasteiger partial charge on any atom is -0.370 e. The van der Waals surface area contributed by atoms with Crippen LogP contribution in [0, 0.1) is 6.92 Å². The van der Waals surface area contributed by atoms with Gasteiger partial charge in [0.05, 0.1) is 0 Å². The van der Waals surface area contributed by atoms with Gasteiger partial charge in [0.15, 0.2) is 0 Å². The molecule has 0 bridgehead atoms. The summed E-state index contributed by atoms with van der Waals surface area (Å²) in [5, 5.41) is 3.34. The molecule has 0 atom stereocenters. The van der Waals surface area contributed by atoms with E-state index in [0.29, 0.717) is 0 Å². The lowest BCUT2D eigenvalue weighted by Gasteiger charge is -2.37. The molecule has 0 saturated heterocycles. The monoisotopic (exact) mass is 264 g/mol. The Morgan fingerprint density at radius 3 is 2.26 bits per heavy atom. The quantitative estimate of drug-likeness (QED) is 0.855. The molecule has 108 valence electrons. The Labute approximate surface area is 117 Å². The molecule has 4 nitrogen and oxygen atoms in total. The summed E-state index contributed by atoms with van der Waals surface area (Å²) in [5.74, 6) is 2.90. The fraction of sp³-hybridized carbons (Fsp3) is 0.733. The SMILES string of the molecule is CCNc1nc(CC)nc(N(C)C(C)(C)CC)c1C. The van der Waals surface area contributed by atoms with Crippen LogP contribution in [0.1, 0.15) is 52.4 Å². The Balaban J connectivity index is 3.29. The lowest BCUT2D eigenvalue weighted by atomic mass is 9.99. The topological polar surface area (TPSA) is 41.1 Å². The van der Waals surface area contributed by atoms with Gasteiger partial charge in [-0.25, -0.2) is 9.97 Å². The summed E-state index contributed by atoms with van der Waals surface area (Å²) in [5.41, 5.74) is 1.22. The van der Waals surface area contributed by atoms with Gasteiger partial charge in [-0.05, 0) is 34.1 Å². The van der Waals surface area contributed by atoms with Crippen molar-refractivity contribution in [2.24, 2.45) is 0 Å². The third-order valence-corrected chi connectivity index (χ3v) is 3.92. The van der Waals surface area contributed by atoms with Gasteiger partial charge in [-0.2, -0.15) is 0 Å². The Kier molecular flexibility index (Phi) is 5.15. The molecule has 0 aromatic carbocycles. The van der Waals surface area contributed by atoms with Crippen molar-refractivity contribution in [2.45, 2.75) is 59.9 Å². The van der Waals surface area contributed by atoms with E-state index in [4.69, 9.17) is 4.98 Å². The van der Waals surface area contributed by atoms with Crippen molar-refractivity contribution in [3.8, 4) is 0 Å². The van der Waals surface area contributed by atoms with Crippen molar-refractivity contribution in [3.05, 3.63) is 11.4 Å². The van der Waals surface area contributed by atoms with E-state index >= 15 is 0 Å². The first-order chi connectivity index (χ1) is 8.87. The van der Waals surface area contributed by atoms with E-state index in [9.17, 15) is 0 Å². The Morgan fingerprint density at radius 2 is 1.79 bits per heavy atom. The third kappa shape index (κ3) is 3.37. The largest absolute Gasteiger partial charge is 0.370 e. The number of rotatable bonds is 6. The predicted octanol–water partition coefficient (Wildman–Crippen LogP) is 3.40. The fourth-order valence-electron chi connectivity index (χ4n) is 1.90. The second kappa shape index (κ2) is 6.22. The lowest BCUT2D eigenvalue weighted by molar-refractivity contribution is 0.466. The normalized spacial score (nSPS) is 11.5. The standard InChI is InChI=1S/C15H28N4/c1-8-12-17-13(16-10-3)11(4)14(18-12)19(7)15(5,6)9-2/h8-10H2,1-7H3,(H,16,17,18). The van der Waals surface area contributed by atoms with Gasteiger partial charge < -0.3 is 10.2 Å². The van der Waals surface area contributed by atoms with Crippen LogP contribution in [0.25, 0.3) is 0 Å². The van der Waals surface area contributed by atoms with Crippen LogP contribution in [0.3, 0.4) is 0 Å². The fourth-order valence-corrected chi connectivity index (χ4v) is 1.90. The van der Waals surface area contributed by atoms with Gasteiger partial charge in [0.1, 0.15) is 17.5 Å². The highest BCUT2D eigenvalue weighted by Crippen LogP contribution is 2.29. The first-order valence-electron chi connectivity index (χ1n) is 7.22. The molecule has 1 heterocycles. The molecule has 0 amide bonds. The number of hydrogen-bond acceptors (Lipinski definition) is 4. The lowest BCUT2D eigenvalue weighted by Crippen LogP contribution is -2.41. The minimum atomic E-state index is 0.0909. The molecule has 4 heteroatoms. The van der Waals surface area contributed by atoms with Crippen molar-refractivity contribution in [2.75, 3.05) is 23.8 Å². The molecule has 0 aliphatic heterocycles. The molecule has 0 spiro atoms. The zero-order chi connectivity index (χ0) is 14.6. The van der Waals surface area contributed by atoms with Crippen molar-refractivity contribution >= 4 is 11.6 Å². The van der Waals surface area contributed by atoms with Crippen LogP contribution in [0.2, 0.25) is 0 Å². The summed E-state index contributed by atoms with van der Waals surface area (Å²) in [7, 11) is 2.12. The number of aryl methyl sites for hydroxylation is 1. The summed E-state index contributed by atoms with van der Waals surface area (Å²) >= 11 is 0. The Bertz CT molecular complexity index is 426. The molecule has 1 aromatic heterocycles.